The van der Waals surface area contributed by atoms with Crippen LogP contribution in [0.25, 0.3) is 21.8 Å². The third-order valence-electron chi connectivity index (χ3n) is 5.60. The van der Waals surface area contributed by atoms with Gasteiger partial charge < -0.3 is 10.2 Å². The number of nitrogens with one attached hydrogen (secondary N) is 2. The van der Waals surface area contributed by atoms with E-state index in [0.717, 1.165) is 23.5 Å². The molecule has 4 aromatic rings. The van der Waals surface area contributed by atoms with E-state index in [1.54, 1.807) is 31.3 Å². The second-order valence-corrected chi connectivity index (χ2v) is 7.44. The van der Waals surface area contributed by atoms with Crippen LogP contribution in [-0.2, 0) is 10.3 Å². The van der Waals surface area contributed by atoms with Crippen molar-refractivity contribution in [2.24, 2.45) is 5.16 Å². The lowest BCUT2D eigenvalue weighted by molar-refractivity contribution is -0.0522. The molecule has 0 bridgehead atoms. The van der Waals surface area contributed by atoms with E-state index < -0.39 is 11.3 Å². The number of hydrogen-bond donors (Lipinski definition) is 2. The van der Waals surface area contributed by atoms with E-state index in [4.69, 9.17) is 4.84 Å². The van der Waals surface area contributed by atoms with Crippen LogP contribution in [0, 0.1) is 0 Å². The predicted molar refractivity (Wildman–Crippen MR) is 110 cm³/mol. The molecule has 0 saturated heterocycles. The molecule has 152 valence electrons. The average Bonchev–Trinajstić information content (AvgIpc) is 3.31. The third-order valence-corrected chi connectivity index (χ3v) is 5.60. The number of pyridine rings is 2. The van der Waals surface area contributed by atoms with Crippen LogP contribution in [-0.4, -0.2) is 38.4 Å². The Morgan fingerprint density at radius 3 is 2.80 bits per heavy atom. The first kappa shape index (κ1) is 18.4. The molecule has 7 nitrogen and oxygen atoms in total. The predicted octanol–water partition coefficient (Wildman–Crippen LogP) is 4.55. The molecule has 1 atom stereocenters. The third kappa shape index (κ3) is 2.62. The lowest BCUT2D eigenvalue weighted by Gasteiger charge is -2.33. The van der Waals surface area contributed by atoms with E-state index in [2.05, 4.69) is 30.6 Å². The van der Waals surface area contributed by atoms with Gasteiger partial charge in [0.2, 0.25) is 0 Å². The number of hydrogen-bond acceptors (Lipinski definition) is 6. The molecule has 0 radical (unpaired) electrons. The van der Waals surface area contributed by atoms with E-state index in [0.29, 0.717) is 16.7 Å². The van der Waals surface area contributed by atoms with Gasteiger partial charge in [-0.15, -0.1) is 0 Å². The maximum atomic E-state index is 14.8. The highest BCUT2D eigenvalue weighted by Crippen LogP contribution is 2.45. The van der Waals surface area contributed by atoms with Gasteiger partial charge >= 0.3 is 0 Å². The molecule has 0 fully saturated rings. The normalized spacial score (nSPS) is 19.1. The van der Waals surface area contributed by atoms with Crippen molar-refractivity contribution < 1.29 is 13.6 Å². The molecular formula is C21H18F2N6O. The largest absolute Gasteiger partial charge is 0.394 e. The number of alkyl halides is 2. The Morgan fingerprint density at radius 1 is 1.17 bits per heavy atom. The topological polar surface area (TPSA) is 88.1 Å². The summed E-state index contributed by atoms with van der Waals surface area (Å²) in [4.78, 5) is 13.7. The van der Waals surface area contributed by atoms with E-state index >= 15 is 0 Å². The maximum absolute atomic E-state index is 14.8. The second kappa shape index (κ2) is 6.45. The molecule has 30 heavy (non-hydrogen) atoms. The standard InChI is InChI=1S/C21H18F2N6O/c1-12-21(11-30-29-12,20(2,22)23)18-15-6-5-14(10-13(15)7-9-25-18)26-19-17-16(27-28-19)4-3-8-24-17/h3-10H,11H2,1-2H3,(H2,26,27,28). The monoisotopic (exact) mass is 408 g/mol. The lowest BCUT2D eigenvalue weighted by Crippen LogP contribution is -2.50. The van der Waals surface area contributed by atoms with Crippen LogP contribution < -0.4 is 5.32 Å². The van der Waals surface area contributed by atoms with Crippen LogP contribution in [0.1, 0.15) is 19.5 Å². The van der Waals surface area contributed by atoms with Crippen LogP contribution in [0.3, 0.4) is 0 Å². The summed E-state index contributed by atoms with van der Waals surface area (Å²) in [5.74, 6) is -2.52. The first-order valence-corrected chi connectivity index (χ1v) is 9.40. The van der Waals surface area contributed by atoms with Crippen molar-refractivity contribution in [2.45, 2.75) is 25.2 Å². The van der Waals surface area contributed by atoms with Crippen molar-refractivity contribution in [1.82, 2.24) is 20.2 Å². The number of rotatable bonds is 4. The Labute approximate surface area is 170 Å². The van der Waals surface area contributed by atoms with Gasteiger partial charge in [0.25, 0.3) is 5.92 Å². The fourth-order valence-corrected chi connectivity index (χ4v) is 3.97. The van der Waals surface area contributed by atoms with Crippen molar-refractivity contribution in [3.63, 3.8) is 0 Å². The molecule has 1 aliphatic rings. The number of halogens is 2. The van der Waals surface area contributed by atoms with Gasteiger partial charge in [0.1, 0.15) is 12.1 Å². The van der Waals surface area contributed by atoms with Crippen molar-refractivity contribution in [1.29, 1.82) is 0 Å². The van der Waals surface area contributed by atoms with Gasteiger partial charge in [0.15, 0.2) is 11.2 Å². The van der Waals surface area contributed by atoms with E-state index in [9.17, 15) is 8.78 Å². The number of aromatic amines is 1. The fourth-order valence-electron chi connectivity index (χ4n) is 3.97. The number of H-pyrrole nitrogens is 1. The van der Waals surface area contributed by atoms with Gasteiger partial charge in [-0.25, -0.2) is 8.78 Å². The Hall–Kier alpha value is -3.62. The Bertz CT molecular complexity index is 1300. The van der Waals surface area contributed by atoms with Gasteiger partial charge in [-0.3, -0.25) is 15.1 Å². The summed E-state index contributed by atoms with van der Waals surface area (Å²) in [6.45, 7) is 2.18. The molecule has 0 saturated carbocycles. The van der Waals surface area contributed by atoms with Gasteiger partial charge in [-0.05, 0) is 42.6 Å². The molecule has 4 heterocycles. The summed E-state index contributed by atoms with van der Waals surface area (Å²) in [6, 6.07) is 11.0. The number of nitrogens with zero attached hydrogens (tertiary/aromatic N) is 4. The summed E-state index contributed by atoms with van der Waals surface area (Å²) in [5, 5.41) is 15.6. The Morgan fingerprint density at radius 2 is 2.03 bits per heavy atom. The smallest absolute Gasteiger partial charge is 0.265 e. The molecular weight excluding hydrogens is 390 g/mol. The van der Waals surface area contributed by atoms with Gasteiger partial charge in [0.05, 0.1) is 16.9 Å². The molecule has 1 aromatic carbocycles. The van der Waals surface area contributed by atoms with E-state index in [1.807, 2.05) is 18.2 Å². The SMILES string of the molecule is CC1=NOCC1(c1nccc2cc(Nc3n[nH]c4cccnc34)ccc12)C(C)(F)F. The molecule has 0 aliphatic carbocycles. The quantitative estimate of drug-likeness (QED) is 0.517. The number of fused-ring (bicyclic) bond motifs is 2. The van der Waals surface area contributed by atoms with Gasteiger partial charge in [-0.1, -0.05) is 11.2 Å². The summed E-state index contributed by atoms with van der Waals surface area (Å²) in [6.07, 6.45) is 3.23. The van der Waals surface area contributed by atoms with Crippen LogP contribution >= 0.6 is 0 Å². The molecule has 0 spiro atoms. The van der Waals surface area contributed by atoms with Crippen molar-refractivity contribution in [3.05, 3.63) is 54.5 Å². The van der Waals surface area contributed by atoms with Crippen LogP contribution in [0.4, 0.5) is 20.3 Å². The Balaban J connectivity index is 1.60. The van der Waals surface area contributed by atoms with Gasteiger partial charge in [-0.2, -0.15) is 5.10 Å². The van der Waals surface area contributed by atoms with E-state index in [-0.39, 0.29) is 18.0 Å². The summed E-state index contributed by atoms with van der Waals surface area (Å²) in [7, 11) is 0. The number of aromatic nitrogens is 4. The summed E-state index contributed by atoms with van der Waals surface area (Å²) < 4.78 is 29.6. The molecule has 5 rings (SSSR count). The molecule has 9 heteroatoms. The van der Waals surface area contributed by atoms with Crippen LogP contribution in [0.5, 0.6) is 0 Å². The highest BCUT2D eigenvalue weighted by atomic mass is 19.3. The number of oxime groups is 1. The number of benzene rings is 1. The molecule has 0 amide bonds. The number of anilines is 2. The molecule has 3 aromatic heterocycles. The molecule has 1 unspecified atom stereocenters. The zero-order chi connectivity index (χ0) is 20.9. The zero-order valence-electron chi connectivity index (χ0n) is 16.3. The first-order valence-electron chi connectivity index (χ1n) is 9.40. The van der Waals surface area contributed by atoms with Crippen molar-refractivity contribution in [3.8, 4) is 0 Å². The molecule has 1 aliphatic heterocycles. The minimum absolute atomic E-state index is 0.214. The van der Waals surface area contributed by atoms with Crippen LogP contribution in [0.15, 0.2) is 53.9 Å². The Kier molecular flexibility index (Phi) is 3.96. The maximum Gasteiger partial charge on any atom is 0.265 e. The highest BCUT2D eigenvalue weighted by Gasteiger charge is 2.59. The minimum Gasteiger partial charge on any atom is -0.394 e. The average molecular weight is 408 g/mol. The van der Waals surface area contributed by atoms with Crippen LogP contribution in [0.2, 0.25) is 0 Å². The lowest BCUT2D eigenvalue weighted by atomic mass is 9.74. The van der Waals surface area contributed by atoms with Crippen molar-refractivity contribution in [2.75, 3.05) is 11.9 Å². The summed E-state index contributed by atoms with van der Waals surface area (Å²) >= 11 is 0. The van der Waals surface area contributed by atoms with Gasteiger partial charge in [0, 0.05) is 30.4 Å². The molecule has 2 N–H and O–H groups in total. The van der Waals surface area contributed by atoms with Crippen molar-refractivity contribution >= 4 is 39.0 Å². The highest BCUT2D eigenvalue weighted by molar-refractivity contribution is 6.00. The first-order chi connectivity index (χ1) is 14.4. The van der Waals surface area contributed by atoms with E-state index in [1.165, 1.54) is 6.20 Å². The zero-order valence-corrected chi connectivity index (χ0v) is 16.3. The summed E-state index contributed by atoms with van der Waals surface area (Å²) in [5.41, 5.74) is 1.05. The second-order valence-electron chi connectivity index (χ2n) is 7.44. The fraction of sp³-hybridized carbons (Fsp3) is 0.238. The minimum atomic E-state index is -3.10.